The first kappa shape index (κ1) is 21.9. The Hall–Kier alpha value is -2.83. The summed E-state index contributed by atoms with van der Waals surface area (Å²) in [7, 11) is 1.55. The summed E-state index contributed by atoms with van der Waals surface area (Å²) in [5.41, 5.74) is 0.654. The van der Waals surface area contributed by atoms with Gasteiger partial charge >= 0.3 is 0 Å². The predicted octanol–water partition coefficient (Wildman–Crippen LogP) is 4.17. The van der Waals surface area contributed by atoms with E-state index in [0.29, 0.717) is 23.9 Å². The van der Waals surface area contributed by atoms with Gasteiger partial charge in [-0.15, -0.1) is 0 Å². The zero-order valence-electron chi connectivity index (χ0n) is 17.8. The molecule has 1 aromatic carbocycles. The van der Waals surface area contributed by atoms with Gasteiger partial charge in [-0.25, -0.2) is 0 Å². The maximum atomic E-state index is 12.6. The summed E-state index contributed by atoms with van der Waals surface area (Å²) in [6.07, 6.45) is 10.0. The summed E-state index contributed by atoms with van der Waals surface area (Å²) in [5.74, 6) is 1.67. The highest BCUT2D eigenvalue weighted by molar-refractivity contribution is 5.94. The molecule has 1 aliphatic carbocycles. The molecular weight excluding hydrogens is 382 g/mol. The van der Waals surface area contributed by atoms with Crippen LogP contribution in [0.2, 0.25) is 0 Å². The number of carbonyl (C=O) groups excluding carboxylic acids is 1. The summed E-state index contributed by atoms with van der Waals surface area (Å²) >= 11 is 0. The Morgan fingerprint density at radius 2 is 1.80 bits per heavy atom. The van der Waals surface area contributed by atoms with Crippen molar-refractivity contribution in [2.45, 2.75) is 64.0 Å². The van der Waals surface area contributed by atoms with Gasteiger partial charge in [-0.2, -0.15) is 4.98 Å². The normalized spacial score (nSPS) is 18.5. The Kier molecular flexibility index (Phi) is 8.30. The van der Waals surface area contributed by atoms with Gasteiger partial charge in [-0.1, -0.05) is 19.8 Å². The first-order valence-corrected chi connectivity index (χ1v) is 10.7. The molecule has 0 unspecified atom stereocenters. The van der Waals surface area contributed by atoms with Crippen molar-refractivity contribution in [3.63, 3.8) is 0 Å². The number of hydrogen-bond acceptors (Lipinski definition) is 6. The van der Waals surface area contributed by atoms with Crippen molar-refractivity contribution in [2.24, 2.45) is 0 Å². The number of ether oxygens (including phenoxy) is 3. The Morgan fingerprint density at radius 1 is 1.07 bits per heavy atom. The molecule has 0 spiro atoms. The van der Waals surface area contributed by atoms with Crippen molar-refractivity contribution in [3.05, 3.63) is 42.2 Å². The largest absolute Gasteiger partial charge is 0.494 e. The lowest BCUT2D eigenvalue weighted by Crippen LogP contribution is -2.39. The van der Waals surface area contributed by atoms with E-state index < -0.39 is 0 Å². The molecule has 7 nitrogen and oxygen atoms in total. The second-order valence-electron chi connectivity index (χ2n) is 7.54. The number of nitrogens with one attached hydrogen (secondary N) is 1. The highest BCUT2D eigenvalue weighted by Gasteiger charge is 2.24. The number of methoxy groups -OCH3 is 1. The fourth-order valence-corrected chi connectivity index (χ4v) is 3.50. The van der Waals surface area contributed by atoms with Gasteiger partial charge in [-0.05, 0) is 56.4 Å². The standard InChI is InChI=1S/C23H31N3O4/c1-3-4-5-14-29-19-10-6-17(7-11-19)23(27)25-18-8-12-20(13-9-18)30-22-16-24-15-21(26-22)28-2/h6-7,10-11,15-16,18,20H,3-5,8-9,12-14H2,1-2H3,(H,25,27). The van der Waals surface area contributed by atoms with E-state index in [0.717, 1.165) is 37.9 Å². The van der Waals surface area contributed by atoms with Crippen LogP contribution in [0.1, 0.15) is 62.2 Å². The van der Waals surface area contributed by atoms with E-state index in [2.05, 4.69) is 22.2 Å². The van der Waals surface area contributed by atoms with Gasteiger partial charge in [0.2, 0.25) is 11.8 Å². The van der Waals surface area contributed by atoms with Crippen LogP contribution in [-0.4, -0.2) is 41.7 Å². The van der Waals surface area contributed by atoms with Crippen molar-refractivity contribution in [1.82, 2.24) is 15.3 Å². The Labute approximate surface area is 178 Å². The molecule has 1 amide bonds. The van der Waals surface area contributed by atoms with Crippen LogP contribution in [0.15, 0.2) is 36.7 Å². The number of amides is 1. The molecule has 1 N–H and O–H groups in total. The number of carbonyl (C=O) groups is 1. The minimum absolute atomic E-state index is 0.0458. The van der Waals surface area contributed by atoms with E-state index in [1.165, 1.54) is 12.8 Å². The molecule has 1 heterocycles. The van der Waals surface area contributed by atoms with Crippen LogP contribution >= 0.6 is 0 Å². The highest BCUT2D eigenvalue weighted by atomic mass is 16.5. The van der Waals surface area contributed by atoms with Gasteiger partial charge in [0, 0.05) is 11.6 Å². The summed E-state index contributed by atoms with van der Waals surface area (Å²) in [5, 5.41) is 3.13. The number of aromatic nitrogens is 2. The van der Waals surface area contributed by atoms with Crippen LogP contribution in [0.4, 0.5) is 0 Å². The quantitative estimate of drug-likeness (QED) is 0.589. The average molecular weight is 414 g/mol. The van der Waals surface area contributed by atoms with Crippen LogP contribution in [0.25, 0.3) is 0 Å². The average Bonchev–Trinajstić information content (AvgIpc) is 2.78. The molecule has 2 aromatic rings. The number of rotatable bonds is 10. The van der Waals surface area contributed by atoms with Crippen molar-refractivity contribution >= 4 is 5.91 Å². The van der Waals surface area contributed by atoms with E-state index >= 15 is 0 Å². The first-order chi connectivity index (χ1) is 14.7. The van der Waals surface area contributed by atoms with Gasteiger partial charge in [0.05, 0.1) is 26.1 Å². The minimum Gasteiger partial charge on any atom is -0.494 e. The van der Waals surface area contributed by atoms with Crippen LogP contribution in [-0.2, 0) is 0 Å². The van der Waals surface area contributed by atoms with E-state index in [-0.39, 0.29) is 18.1 Å². The summed E-state index contributed by atoms with van der Waals surface area (Å²) in [4.78, 5) is 20.9. The van der Waals surface area contributed by atoms with Gasteiger partial charge in [0.15, 0.2) is 0 Å². The molecule has 0 bridgehead atoms. The molecule has 0 saturated heterocycles. The first-order valence-electron chi connectivity index (χ1n) is 10.7. The predicted molar refractivity (Wildman–Crippen MR) is 114 cm³/mol. The zero-order chi connectivity index (χ0) is 21.2. The van der Waals surface area contributed by atoms with E-state index in [4.69, 9.17) is 14.2 Å². The lowest BCUT2D eigenvalue weighted by Gasteiger charge is -2.29. The number of benzene rings is 1. The molecule has 162 valence electrons. The second-order valence-corrected chi connectivity index (χ2v) is 7.54. The summed E-state index contributed by atoms with van der Waals surface area (Å²) in [6, 6.07) is 7.52. The van der Waals surface area contributed by atoms with Crippen LogP contribution in [0.3, 0.4) is 0 Å². The third-order valence-corrected chi connectivity index (χ3v) is 5.23. The van der Waals surface area contributed by atoms with Crippen molar-refractivity contribution in [3.8, 4) is 17.5 Å². The lowest BCUT2D eigenvalue weighted by atomic mass is 9.92. The van der Waals surface area contributed by atoms with Crippen LogP contribution in [0, 0.1) is 0 Å². The lowest BCUT2D eigenvalue weighted by molar-refractivity contribution is 0.0889. The van der Waals surface area contributed by atoms with Gasteiger partial charge < -0.3 is 19.5 Å². The fourth-order valence-electron chi connectivity index (χ4n) is 3.50. The molecule has 1 aliphatic rings. The van der Waals surface area contributed by atoms with Crippen molar-refractivity contribution in [2.75, 3.05) is 13.7 Å². The van der Waals surface area contributed by atoms with Crippen molar-refractivity contribution in [1.29, 1.82) is 0 Å². The Bertz CT molecular complexity index is 789. The molecule has 0 radical (unpaired) electrons. The molecule has 1 aromatic heterocycles. The molecule has 3 rings (SSSR count). The Morgan fingerprint density at radius 3 is 2.50 bits per heavy atom. The Balaban J connectivity index is 1.41. The fraction of sp³-hybridized carbons (Fsp3) is 0.522. The topological polar surface area (TPSA) is 82.6 Å². The van der Waals surface area contributed by atoms with Gasteiger partial charge in [0.1, 0.15) is 11.9 Å². The zero-order valence-corrected chi connectivity index (χ0v) is 17.8. The number of unbranched alkanes of at least 4 members (excludes halogenated alkanes) is 2. The smallest absolute Gasteiger partial charge is 0.251 e. The SMILES string of the molecule is CCCCCOc1ccc(C(=O)NC2CCC(Oc3cncc(OC)n3)CC2)cc1. The summed E-state index contributed by atoms with van der Waals surface area (Å²) in [6.45, 7) is 2.88. The molecule has 1 saturated carbocycles. The van der Waals surface area contributed by atoms with Crippen LogP contribution in [0.5, 0.6) is 17.5 Å². The van der Waals surface area contributed by atoms with Gasteiger partial charge in [-0.3, -0.25) is 9.78 Å². The minimum atomic E-state index is -0.0458. The molecule has 30 heavy (non-hydrogen) atoms. The summed E-state index contributed by atoms with van der Waals surface area (Å²) < 4.78 is 16.7. The molecule has 7 heteroatoms. The van der Waals surface area contributed by atoms with Gasteiger partial charge in [0.25, 0.3) is 5.91 Å². The maximum absolute atomic E-state index is 12.6. The molecular formula is C23H31N3O4. The number of hydrogen-bond donors (Lipinski definition) is 1. The van der Waals surface area contributed by atoms with E-state index in [1.54, 1.807) is 19.5 Å². The molecule has 0 aliphatic heterocycles. The third kappa shape index (κ3) is 6.61. The van der Waals surface area contributed by atoms with E-state index in [1.807, 2.05) is 24.3 Å². The van der Waals surface area contributed by atoms with Crippen molar-refractivity contribution < 1.29 is 19.0 Å². The third-order valence-electron chi connectivity index (χ3n) is 5.23. The molecule has 1 fully saturated rings. The monoisotopic (exact) mass is 413 g/mol. The number of nitrogens with zero attached hydrogens (tertiary/aromatic N) is 2. The van der Waals surface area contributed by atoms with Crippen LogP contribution < -0.4 is 19.5 Å². The van der Waals surface area contributed by atoms with E-state index in [9.17, 15) is 4.79 Å². The maximum Gasteiger partial charge on any atom is 0.251 e. The highest BCUT2D eigenvalue weighted by Crippen LogP contribution is 2.24. The second kappa shape index (κ2) is 11.4. The molecule has 0 atom stereocenters.